The molecule has 0 N–H and O–H groups in total. The number of likely N-dealkylation sites (tertiary alicyclic amines) is 1. The Kier molecular flexibility index (Phi) is 4.53. The Morgan fingerprint density at radius 1 is 1.24 bits per heavy atom. The molecule has 4 rings (SSSR count). The Morgan fingerprint density at radius 3 is 2.88 bits per heavy atom. The minimum atomic E-state index is -0.0807. The second kappa shape index (κ2) is 6.96. The molecule has 0 spiro atoms. The molecule has 1 amide bonds. The van der Waals surface area contributed by atoms with Crippen molar-refractivity contribution in [2.75, 3.05) is 19.6 Å². The molecule has 0 unspecified atom stereocenters. The third-order valence-electron chi connectivity index (χ3n) is 5.58. The van der Waals surface area contributed by atoms with Gasteiger partial charge in [-0.3, -0.25) is 9.69 Å². The molecule has 25 heavy (non-hydrogen) atoms. The summed E-state index contributed by atoms with van der Waals surface area (Å²) < 4.78 is 1.89. The monoisotopic (exact) mass is 339 g/mol. The first-order chi connectivity index (χ1) is 12.2. The largest absolute Gasteiger partial charge is 0.339 e. The van der Waals surface area contributed by atoms with Crippen LogP contribution in [-0.2, 0) is 17.8 Å². The molecule has 2 aliphatic rings. The quantitative estimate of drug-likeness (QED) is 0.857. The van der Waals surface area contributed by atoms with Crippen molar-refractivity contribution < 1.29 is 4.79 Å². The number of nitrogens with zero attached hydrogens (tertiary/aromatic N) is 5. The fourth-order valence-electron chi connectivity index (χ4n) is 4.05. The second-order valence-electron chi connectivity index (χ2n) is 7.12. The van der Waals surface area contributed by atoms with Crippen molar-refractivity contribution in [2.24, 2.45) is 0 Å². The summed E-state index contributed by atoms with van der Waals surface area (Å²) in [6.07, 6.45) is 6.41. The smallest absolute Gasteiger partial charge is 0.239 e. The van der Waals surface area contributed by atoms with E-state index in [9.17, 15) is 4.79 Å². The molecule has 2 aromatic rings. The number of amides is 1. The van der Waals surface area contributed by atoms with Gasteiger partial charge in [0.05, 0.1) is 12.1 Å². The van der Waals surface area contributed by atoms with E-state index in [1.165, 1.54) is 11.1 Å². The van der Waals surface area contributed by atoms with Crippen LogP contribution in [0.15, 0.2) is 36.9 Å². The average Bonchev–Trinajstić information content (AvgIpc) is 3.21. The molecule has 0 saturated carbocycles. The molecule has 2 aliphatic heterocycles. The lowest BCUT2D eigenvalue weighted by atomic mass is 9.98. The molecule has 6 nitrogen and oxygen atoms in total. The number of aromatic nitrogens is 3. The van der Waals surface area contributed by atoms with E-state index in [1.807, 2.05) is 9.58 Å². The van der Waals surface area contributed by atoms with Crippen LogP contribution in [0.3, 0.4) is 0 Å². The normalized spacial score (nSPS) is 22.4. The number of carbonyl (C=O) groups is 1. The Hall–Kier alpha value is -2.21. The highest BCUT2D eigenvalue weighted by atomic mass is 16.2. The van der Waals surface area contributed by atoms with Crippen molar-refractivity contribution in [3.05, 3.63) is 48.0 Å². The molecule has 6 heteroatoms. The van der Waals surface area contributed by atoms with Crippen molar-refractivity contribution in [3.8, 4) is 0 Å². The van der Waals surface area contributed by atoms with Gasteiger partial charge in [0, 0.05) is 26.2 Å². The van der Waals surface area contributed by atoms with E-state index in [0.717, 1.165) is 45.4 Å². The Morgan fingerprint density at radius 2 is 2.08 bits per heavy atom. The van der Waals surface area contributed by atoms with Gasteiger partial charge in [0.1, 0.15) is 12.7 Å². The van der Waals surface area contributed by atoms with Gasteiger partial charge in [0.2, 0.25) is 5.91 Å². The summed E-state index contributed by atoms with van der Waals surface area (Å²) in [6, 6.07) is 8.73. The summed E-state index contributed by atoms with van der Waals surface area (Å²) in [5.74, 6) is 0.240. The molecular weight excluding hydrogens is 314 g/mol. The number of hydrogen-bond acceptors (Lipinski definition) is 4. The maximum atomic E-state index is 13.1. The van der Waals surface area contributed by atoms with Gasteiger partial charge < -0.3 is 4.90 Å². The standard InChI is InChI=1S/C19H25N5O/c1-15(22-10-8-16-5-2-3-6-17(16)11-22)19(25)23-9-4-7-18(12-23)24-14-20-13-21-24/h2-3,5-6,13-15,18H,4,7-12H2,1H3/t15-,18+/m1/s1. The first-order valence-corrected chi connectivity index (χ1v) is 9.16. The number of piperidine rings is 1. The third kappa shape index (κ3) is 3.31. The fraction of sp³-hybridized carbons (Fsp3) is 0.526. The predicted molar refractivity (Wildman–Crippen MR) is 94.9 cm³/mol. The van der Waals surface area contributed by atoms with Gasteiger partial charge in [0.15, 0.2) is 0 Å². The molecule has 2 atom stereocenters. The molecule has 1 aromatic carbocycles. The average molecular weight is 339 g/mol. The molecular formula is C19H25N5O. The third-order valence-corrected chi connectivity index (χ3v) is 5.58. The highest BCUT2D eigenvalue weighted by Crippen LogP contribution is 2.24. The van der Waals surface area contributed by atoms with Crippen LogP contribution in [0.1, 0.15) is 36.9 Å². The van der Waals surface area contributed by atoms with Gasteiger partial charge in [-0.25, -0.2) is 9.67 Å². The summed E-state index contributed by atoms with van der Waals surface area (Å²) in [5, 5.41) is 4.25. The summed E-state index contributed by atoms with van der Waals surface area (Å²) in [4.78, 5) is 21.4. The van der Waals surface area contributed by atoms with Crippen LogP contribution in [0.5, 0.6) is 0 Å². The minimum absolute atomic E-state index is 0.0807. The number of hydrogen-bond donors (Lipinski definition) is 0. The minimum Gasteiger partial charge on any atom is -0.339 e. The van der Waals surface area contributed by atoms with Gasteiger partial charge in [-0.15, -0.1) is 0 Å². The number of rotatable bonds is 3. The first kappa shape index (κ1) is 16.3. The summed E-state index contributed by atoms with van der Waals surface area (Å²) >= 11 is 0. The van der Waals surface area contributed by atoms with E-state index < -0.39 is 0 Å². The summed E-state index contributed by atoms with van der Waals surface area (Å²) in [5.41, 5.74) is 2.77. The predicted octanol–water partition coefficient (Wildman–Crippen LogP) is 1.89. The van der Waals surface area contributed by atoms with Crippen LogP contribution in [0.25, 0.3) is 0 Å². The Labute approximate surface area is 148 Å². The fourth-order valence-corrected chi connectivity index (χ4v) is 4.05. The topological polar surface area (TPSA) is 54.3 Å². The van der Waals surface area contributed by atoms with Crippen molar-refractivity contribution >= 4 is 5.91 Å². The zero-order valence-electron chi connectivity index (χ0n) is 14.7. The zero-order chi connectivity index (χ0) is 17.2. The van der Waals surface area contributed by atoms with Crippen LogP contribution in [-0.4, -0.2) is 56.1 Å². The van der Waals surface area contributed by atoms with Crippen LogP contribution in [0.4, 0.5) is 0 Å². The maximum absolute atomic E-state index is 13.1. The van der Waals surface area contributed by atoms with Crippen LogP contribution in [0, 0.1) is 0 Å². The van der Waals surface area contributed by atoms with Gasteiger partial charge in [0.25, 0.3) is 0 Å². The second-order valence-corrected chi connectivity index (χ2v) is 7.12. The number of benzene rings is 1. The van der Waals surface area contributed by atoms with Crippen molar-refractivity contribution in [3.63, 3.8) is 0 Å². The van der Waals surface area contributed by atoms with Crippen LogP contribution >= 0.6 is 0 Å². The van der Waals surface area contributed by atoms with Gasteiger partial charge >= 0.3 is 0 Å². The van der Waals surface area contributed by atoms with Crippen LogP contribution in [0.2, 0.25) is 0 Å². The van der Waals surface area contributed by atoms with E-state index in [4.69, 9.17) is 0 Å². The van der Waals surface area contributed by atoms with Crippen molar-refractivity contribution in [1.82, 2.24) is 24.6 Å². The lowest BCUT2D eigenvalue weighted by Gasteiger charge is -2.38. The summed E-state index contributed by atoms with van der Waals surface area (Å²) in [7, 11) is 0. The maximum Gasteiger partial charge on any atom is 0.239 e. The molecule has 1 saturated heterocycles. The molecule has 132 valence electrons. The van der Waals surface area contributed by atoms with Gasteiger partial charge in [-0.1, -0.05) is 24.3 Å². The van der Waals surface area contributed by atoms with E-state index >= 15 is 0 Å². The first-order valence-electron chi connectivity index (χ1n) is 9.16. The molecule has 1 aromatic heterocycles. The van der Waals surface area contributed by atoms with Crippen LogP contribution < -0.4 is 0 Å². The van der Waals surface area contributed by atoms with Gasteiger partial charge in [-0.05, 0) is 37.3 Å². The molecule has 0 aliphatic carbocycles. The van der Waals surface area contributed by atoms with E-state index in [-0.39, 0.29) is 18.0 Å². The molecule has 0 bridgehead atoms. The molecule has 0 radical (unpaired) electrons. The SMILES string of the molecule is C[C@H](C(=O)N1CCC[C@H](n2cncn2)C1)N1CCc2ccccc2C1. The molecule has 1 fully saturated rings. The van der Waals surface area contributed by atoms with E-state index in [0.29, 0.717) is 0 Å². The number of fused-ring (bicyclic) bond motifs is 1. The Bertz CT molecular complexity index is 729. The van der Waals surface area contributed by atoms with E-state index in [2.05, 4.69) is 46.2 Å². The lowest BCUT2D eigenvalue weighted by Crippen LogP contribution is -2.51. The highest BCUT2D eigenvalue weighted by Gasteiger charge is 2.31. The van der Waals surface area contributed by atoms with Crippen molar-refractivity contribution in [1.29, 1.82) is 0 Å². The van der Waals surface area contributed by atoms with E-state index in [1.54, 1.807) is 12.7 Å². The Balaban J connectivity index is 1.42. The van der Waals surface area contributed by atoms with Gasteiger partial charge in [-0.2, -0.15) is 5.10 Å². The lowest BCUT2D eigenvalue weighted by molar-refractivity contribution is -0.138. The number of carbonyl (C=O) groups excluding carboxylic acids is 1. The van der Waals surface area contributed by atoms with Crippen molar-refractivity contribution in [2.45, 2.75) is 44.8 Å². The molecule has 3 heterocycles. The summed E-state index contributed by atoms with van der Waals surface area (Å²) in [6.45, 7) is 5.44. The zero-order valence-corrected chi connectivity index (χ0v) is 14.7. The highest BCUT2D eigenvalue weighted by molar-refractivity contribution is 5.81.